The molecule has 1 fully saturated rings. The van der Waals surface area contributed by atoms with Gasteiger partial charge in [0.05, 0.1) is 5.41 Å². The average molecular weight is 184 g/mol. The van der Waals surface area contributed by atoms with Crippen molar-refractivity contribution >= 4 is 5.97 Å². The van der Waals surface area contributed by atoms with Gasteiger partial charge in [-0.15, -0.1) is 0 Å². The largest absolute Gasteiger partial charge is 0.481 e. The van der Waals surface area contributed by atoms with Gasteiger partial charge in [0.15, 0.2) is 0 Å². The number of carboxylic acid groups (broad SMARTS) is 1. The maximum Gasteiger partial charge on any atom is 0.309 e. The topological polar surface area (TPSA) is 37.3 Å². The van der Waals surface area contributed by atoms with Crippen LogP contribution < -0.4 is 0 Å². The Balaban J connectivity index is 2.73. The Morgan fingerprint density at radius 1 is 1.31 bits per heavy atom. The molecule has 13 heavy (non-hydrogen) atoms. The lowest BCUT2D eigenvalue weighted by molar-refractivity contribution is -0.152. The van der Waals surface area contributed by atoms with Gasteiger partial charge in [0.1, 0.15) is 0 Å². The van der Waals surface area contributed by atoms with E-state index in [1.165, 1.54) is 19.3 Å². The molecule has 0 saturated heterocycles. The van der Waals surface area contributed by atoms with Crippen LogP contribution in [0, 0.1) is 17.3 Å². The highest BCUT2D eigenvalue weighted by atomic mass is 16.4. The summed E-state index contributed by atoms with van der Waals surface area (Å²) in [5.41, 5.74) is -0.542. The molecule has 0 aromatic rings. The molecular weight excluding hydrogens is 164 g/mol. The molecule has 1 saturated carbocycles. The average Bonchev–Trinajstić information content (AvgIpc) is 2.04. The van der Waals surface area contributed by atoms with Crippen molar-refractivity contribution in [1.82, 2.24) is 0 Å². The summed E-state index contributed by atoms with van der Waals surface area (Å²) in [4.78, 5) is 11.1. The van der Waals surface area contributed by atoms with Crippen LogP contribution in [-0.2, 0) is 4.79 Å². The van der Waals surface area contributed by atoms with Gasteiger partial charge in [-0.1, -0.05) is 26.2 Å². The quantitative estimate of drug-likeness (QED) is 0.716. The number of carboxylic acids is 1. The highest BCUT2D eigenvalue weighted by Crippen LogP contribution is 2.41. The summed E-state index contributed by atoms with van der Waals surface area (Å²) in [6.07, 6.45) is 4.75. The van der Waals surface area contributed by atoms with Crippen molar-refractivity contribution in [2.75, 3.05) is 0 Å². The summed E-state index contributed by atoms with van der Waals surface area (Å²) < 4.78 is 0. The van der Waals surface area contributed by atoms with E-state index in [0.717, 1.165) is 6.42 Å². The van der Waals surface area contributed by atoms with E-state index in [0.29, 0.717) is 11.8 Å². The SMILES string of the molecule is CC1CCCCC1C(C)(C)C(=O)O. The van der Waals surface area contributed by atoms with E-state index < -0.39 is 11.4 Å². The summed E-state index contributed by atoms with van der Waals surface area (Å²) >= 11 is 0. The number of rotatable bonds is 2. The molecule has 0 aromatic heterocycles. The number of aliphatic carboxylic acids is 1. The van der Waals surface area contributed by atoms with E-state index in [1.807, 2.05) is 13.8 Å². The molecule has 0 amide bonds. The number of carbonyl (C=O) groups is 1. The first-order chi connectivity index (χ1) is 5.96. The molecule has 0 aromatic carbocycles. The second-order valence-electron chi connectivity index (χ2n) is 4.90. The van der Waals surface area contributed by atoms with Gasteiger partial charge in [0.25, 0.3) is 0 Å². The van der Waals surface area contributed by atoms with E-state index in [-0.39, 0.29) is 0 Å². The minimum Gasteiger partial charge on any atom is -0.481 e. The fourth-order valence-corrected chi connectivity index (χ4v) is 2.55. The van der Waals surface area contributed by atoms with Gasteiger partial charge in [-0.25, -0.2) is 0 Å². The third-order valence-electron chi connectivity index (χ3n) is 3.59. The van der Waals surface area contributed by atoms with Gasteiger partial charge in [0, 0.05) is 0 Å². The van der Waals surface area contributed by atoms with E-state index in [1.54, 1.807) is 0 Å². The molecule has 2 heteroatoms. The zero-order valence-electron chi connectivity index (χ0n) is 8.84. The van der Waals surface area contributed by atoms with Crippen molar-refractivity contribution in [2.45, 2.75) is 46.5 Å². The van der Waals surface area contributed by atoms with E-state index >= 15 is 0 Å². The van der Waals surface area contributed by atoms with Gasteiger partial charge >= 0.3 is 5.97 Å². The fourth-order valence-electron chi connectivity index (χ4n) is 2.55. The van der Waals surface area contributed by atoms with Gasteiger partial charge in [-0.2, -0.15) is 0 Å². The van der Waals surface area contributed by atoms with E-state index in [4.69, 9.17) is 5.11 Å². The van der Waals surface area contributed by atoms with Gasteiger partial charge in [0.2, 0.25) is 0 Å². The van der Waals surface area contributed by atoms with Gasteiger partial charge in [-0.3, -0.25) is 4.79 Å². The molecule has 2 nitrogen and oxygen atoms in total. The van der Waals surface area contributed by atoms with Crippen molar-refractivity contribution < 1.29 is 9.90 Å². The number of hydrogen-bond donors (Lipinski definition) is 1. The zero-order valence-corrected chi connectivity index (χ0v) is 8.84. The maximum absolute atomic E-state index is 11.1. The summed E-state index contributed by atoms with van der Waals surface area (Å²) in [5.74, 6) is 0.282. The Hall–Kier alpha value is -0.530. The van der Waals surface area contributed by atoms with Gasteiger partial charge in [-0.05, 0) is 32.1 Å². The predicted octanol–water partition coefficient (Wildman–Crippen LogP) is 2.92. The molecular formula is C11H20O2. The first-order valence-corrected chi connectivity index (χ1v) is 5.19. The smallest absolute Gasteiger partial charge is 0.309 e. The molecule has 0 aliphatic heterocycles. The Morgan fingerprint density at radius 2 is 1.85 bits per heavy atom. The van der Waals surface area contributed by atoms with Crippen LogP contribution in [0.1, 0.15) is 46.5 Å². The van der Waals surface area contributed by atoms with Crippen LogP contribution in [0.4, 0.5) is 0 Å². The molecule has 2 atom stereocenters. The molecule has 1 aliphatic rings. The Bertz CT molecular complexity index is 196. The zero-order chi connectivity index (χ0) is 10.1. The standard InChI is InChI=1S/C11H20O2/c1-8-6-4-5-7-9(8)11(2,3)10(12)13/h8-9H,4-7H2,1-3H3,(H,12,13). The monoisotopic (exact) mass is 184 g/mol. The fraction of sp³-hybridized carbons (Fsp3) is 0.909. The Morgan fingerprint density at radius 3 is 2.31 bits per heavy atom. The Kier molecular flexibility index (Phi) is 2.99. The lowest BCUT2D eigenvalue weighted by Gasteiger charge is -2.38. The minimum atomic E-state index is -0.647. The third kappa shape index (κ3) is 2.04. The van der Waals surface area contributed by atoms with Crippen LogP contribution in [0.3, 0.4) is 0 Å². The molecule has 0 bridgehead atoms. The first kappa shape index (κ1) is 10.6. The summed E-state index contributed by atoms with van der Waals surface area (Å²) in [5, 5.41) is 9.11. The summed E-state index contributed by atoms with van der Waals surface area (Å²) in [7, 11) is 0. The van der Waals surface area contributed by atoms with Crippen molar-refractivity contribution in [3.8, 4) is 0 Å². The van der Waals surface area contributed by atoms with E-state index in [9.17, 15) is 4.79 Å². The van der Waals surface area contributed by atoms with Crippen molar-refractivity contribution in [1.29, 1.82) is 0 Å². The highest BCUT2D eigenvalue weighted by molar-refractivity contribution is 5.74. The Labute approximate surface area is 80.3 Å². The lowest BCUT2D eigenvalue weighted by Crippen LogP contribution is -2.38. The van der Waals surface area contributed by atoms with E-state index in [2.05, 4.69) is 6.92 Å². The second-order valence-corrected chi connectivity index (χ2v) is 4.90. The third-order valence-corrected chi connectivity index (χ3v) is 3.59. The van der Waals surface area contributed by atoms with Crippen molar-refractivity contribution in [3.05, 3.63) is 0 Å². The maximum atomic E-state index is 11.1. The van der Waals surface area contributed by atoms with Crippen LogP contribution in [0.5, 0.6) is 0 Å². The molecule has 1 aliphatic carbocycles. The summed E-state index contributed by atoms with van der Waals surface area (Å²) in [6.45, 7) is 5.91. The van der Waals surface area contributed by atoms with Crippen LogP contribution >= 0.6 is 0 Å². The molecule has 1 N–H and O–H groups in total. The molecule has 2 unspecified atom stereocenters. The van der Waals surface area contributed by atoms with Crippen LogP contribution in [-0.4, -0.2) is 11.1 Å². The normalized spacial score (nSPS) is 30.1. The molecule has 0 spiro atoms. The molecule has 0 heterocycles. The first-order valence-electron chi connectivity index (χ1n) is 5.19. The summed E-state index contributed by atoms with van der Waals surface area (Å²) in [6, 6.07) is 0. The molecule has 1 rings (SSSR count). The second kappa shape index (κ2) is 3.69. The molecule has 76 valence electrons. The minimum absolute atomic E-state index is 0.360. The number of hydrogen-bond acceptors (Lipinski definition) is 1. The van der Waals surface area contributed by atoms with Crippen LogP contribution in [0.25, 0.3) is 0 Å². The van der Waals surface area contributed by atoms with Crippen molar-refractivity contribution in [2.24, 2.45) is 17.3 Å². The van der Waals surface area contributed by atoms with Crippen molar-refractivity contribution in [3.63, 3.8) is 0 Å². The van der Waals surface area contributed by atoms with Gasteiger partial charge < -0.3 is 5.11 Å². The van der Waals surface area contributed by atoms with Crippen LogP contribution in [0.2, 0.25) is 0 Å². The lowest BCUT2D eigenvalue weighted by atomic mass is 9.66. The molecule has 0 radical (unpaired) electrons. The van der Waals surface area contributed by atoms with Crippen LogP contribution in [0.15, 0.2) is 0 Å². The predicted molar refractivity (Wildman–Crippen MR) is 52.5 cm³/mol. The highest BCUT2D eigenvalue weighted by Gasteiger charge is 2.40.